The van der Waals surface area contributed by atoms with E-state index in [-0.39, 0.29) is 5.91 Å². The summed E-state index contributed by atoms with van der Waals surface area (Å²) in [6.07, 6.45) is 15.0. The maximum absolute atomic E-state index is 12.5. The molecule has 0 bridgehead atoms. The predicted octanol–water partition coefficient (Wildman–Crippen LogP) is 10.4. The van der Waals surface area contributed by atoms with Crippen molar-refractivity contribution in [3.63, 3.8) is 0 Å². The molecule has 3 rings (SSSR count). The summed E-state index contributed by atoms with van der Waals surface area (Å²) in [6.45, 7) is 2.88. The number of benzene rings is 2. The number of hydrogen-bond donors (Lipinski definition) is 2. The third-order valence-corrected chi connectivity index (χ3v) is 7.69. The molecule has 9 heteroatoms. The Bertz CT molecular complexity index is 1070. The molecule has 1 aliphatic rings. The molecule has 0 radical (unpaired) electrons. The molecule has 0 spiro atoms. The van der Waals surface area contributed by atoms with Crippen molar-refractivity contribution in [3.05, 3.63) is 50.4 Å². The molecule has 0 unspecified atom stereocenters. The van der Waals surface area contributed by atoms with Gasteiger partial charge in [-0.25, -0.2) is 4.99 Å². The number of amides is 1. The van der Waals surface area contributed by atoms with E-state index in [1.807, 2.05) is 5.01 Å². The highest BCUT2D eigenvalue weighted by atomic mass is 35.5. The van der Waals surface area contributed by atoms with E-state index in [1.54, 1.807) is 30.3 Å². The molecule has 1 saturated heterocycles. The number of carbonyl (C=O) groups is 1. The van der Waals surface area contributed by atoms with Crippen LogP contribution in [0.1, 0.15) is 90.4 Å². The van der Waals surface area contributed by atoms with Crippen LogP contribution in [-0.2, 0) is 4.79 Å². The quantitative estimate of drug-likeness (QED) is 0.200. The fourth-order valence-corrected chi connectivity index (χ4v) is 5.70. The lowest BCUT2D eigenvalue weighted by molar-refractivity contribution is -0.116. The van der Waals surface area contributed by atoms with Gasteiger partial charge in [0.1, 0.15) is 5.84 Å². The number of amidine groups is 1. The summed E-state index contributed by atoms with van der Waals surface area (Å²) in [4.78, 5) is 17.1. The zero-order valence-electron chi connectivity index (χ0n) is 22.1. The molecular weight excluding hydrogens is 562 g/mol. The molecule has 2 aromatic carbocycles. The van der Waals surface area contributed by atoms with E-state index in [9.17, 15) is 4.79 Å². The SMILES string of the molecule is CCCCCCCCCCCCCC(=O)Nc1ccc(Cl)c(N=C2CCN(c3c(Cl)cc(Cl)cc3Cl)N2)c1. The molecule has 0 saturated carbocycles. The first-order valence-electron chi connectivity index (χ1n) is 13.7. The first-order chi connectivity index (χ1) is 18.4. The van der Waals surface area contributed by atoms with Gasteiger partial charge in [0, 0.05) is 30.1 Å². The predicted molar refractivity (Wildman–Crippen MR) is 165 cm³/mol. The Morgan fingerprint density at radius 1 is 0.868 bits per heavy atom. The van der Waals surface area contributed by atoms with Gasteiger partial charge < -0.3 is 5.32 Å². The summed E-state index contributed by atoms with van der Waals surface area (Å²) < 4.78 is 0. The monoisotopic (exact) mass is 598 g/mol. The minimum atomic E-state index is 0.0130. The largest absolute Gasteiger partial charge is 0.326 e. The normalized spacial score (nSPS) is 14.2. The van der Waals surface area contributed by atoms with Crippen molar-refractivity contribution in [2.24, 2.45) is 4.99 Å². The lowest BCUT2D eigenvalue weighted by Crippen LogP contribution is -2.33. The van der Waals surface area contributed by atoms with Crippen LogP contribution in [0.4, 0.5) is 17.1 Å². The highest BCUT2D eigenvalue weighted by Crippen LogP contribution is 2.37. The Labute approximate surface area is 247 Å². The fourth-order valence-electron chi connectivity index (χ4n) is 4.52. The number of nitrogens with zero attached hydrogens (tertiary/aromatic N) is 2. The van der Waals surface area contributed by atoms with Crippen LogP contribution in [-0.4, -0.2) is 18.3 Å². The molecule has 1 heterocycles. The van der Waals surface area contributed by atoms with Gasteiger partial charge in [-0.1, -0.05) is 118 Å². The Morgan fingerprint density at radius 2 is 1.47 bits per heavy atom. The topological polar surface area (TPSA) is 56.7 Å². The van der Waals surface area contributed by atoms with Gasteiger partial charge in [-0.3, -0.25) is 15.2 Å². The third-order valence-electron chi connectivity index (χ3n) is 6.58. The van der Waals surface area contributed by atoms with Crippen molar-refractivity contribution in [2.75, 3.05) is 16.9 Å². The molecule has 2 N–H and O–H groups in total. The maximum atomic E-state index is 12.5. The molecule has 1 amide bonds. The van der Waals surface area contributed by atoms with Crippen molar-refractivity contribution >= 4 is 75.2 Å². The number of hydrazine groups is 1. The number of halogens is 4. The second-order valence-electron chi connectivity index (χ2n) is 9.79. The van der Waals surface area contributed by atoms with E-state index in [0.29, 0.717) is 56.5 Å². The molecule has 38 heavy (non-hydrogen) atoms. The van der Waals surface area contributed by atoms with Crippen molar-refractivity contribution in [2.45, 2.75) is 90.4 Å². The van der Waals surface area contributed by atoms with Crippen molar-refractivity contribution in [3.8, 4) is 0 Å². The summed E-state index contributed by atoms with van der Waals surface area (Å²) in [5, 5.41) is 6.71. The van der Waals surface area contributed by atoms with E-state index >= 15 is 0 Å². The lowest BCUT2D eigenvalue weighted by atomic mass is 10.1. The van der Waals surface area contributed by atoms with Crippen molar-refractivity contribution in [1.82, 2.24) is 5.43 Å². The molecule has 208 valence electrons. The zero-order valence-corrected chi connectivity index (χ0v) is 25.1. The Hall–Kier alpha value is -1.66. The molecule has 0 aliphatic carbocycles. The van der Waals surface area contributed by atoms with Crippen molar-refractivity contribution < 1.29 is 4.79 Å². The minimum Gasteiger partial charge on any atom is -0.326 e. The van der Waals surface area contributed by atoms with Gasteiger partial charge in [0.15, 0.2) is 0 Å². The van der Waals surface area contributed by atoms with Crippen LogP contribution in [0.5, 0.6) is 0 Å². The molecule has 1 aliphatic heterocycles. The van der Waals surface area contributed by atoms with Crippen LogP contribution in [0.15, 0.2) is 35.3 Å². The molecule has 5 nitrogen and oxygen atoms in total. The Balaban J connectivity index is 1.42. The summed E-state index contributed by atoms with van der Waals surface area (Å²) in [5.74, 6) is 0.734. The van der Waals surface area contributed by atoms with Crippen LogP contribution in [0.25, 0.3) is 0 Å². The molecule has 1 fully saturated rings. The van der Waals surface area contributed by atoms with Crippen LogP contribution >= 0.6 is 46.4 Å². The van der Waals surface area contributed by atoms with Gasteiger partial charge in [0.25, 0.3) is 0 Å². The minimum absolute atomic E-state index is 0.0130. The van der Waals surface area contributed by atoms with E-state index in [0.717, 1.165) is 18.7 Å². The van der Waals surface area contributed by atoms with Gasteiger partial charge >= 0.3 is 0 Å². The van der Waals surface area contributed by atoms with E-state index < -0.39 is 0 Å². The van der Waals surface area contributed by atoms with Gasteiger partial charge in [-0.05, 0) is 36.8 Å². The molecular formula is C29H38Cl4N4O. The smallest absolute Gasteiger partial charge is 0.224 e. The third kappa shape index (κ3) is 10.1. The summed E-state index contributed by atoms with van der Waals surface area (Å²) in [7, 11) is 0. The van der Waals surface area contributed by atoms with E-state index in [1.165, 1.54) is 57.8 Å². The number of aliphatic imine (C=N–C) groups is 1. The average Bonchev–Trinajstić information content (AvgIpc) is 3.31. The van der Waals surface area contributed by atoms with E-state index in [4.69, 9.17) is 46.4 Å². The molecule has 2 aromatic rings. The first-order valence-corrected chi connectivity index (χ1v) is 15.2. The number of carbonyl (C=O) groups excluding carboxylic acids is 1. The Morgan fingerprint density at radius 3 is 2.11 bits per heavy atom. The maximum Gasteiger partial charge on any atom is 0.224 e. The zero-order chi connectivity index (χ0) is 27.3. The number of anilines is 2. The van der Waals surface area contributed by atoms with E-state index in [2.05, 4.69) is 22.7 Å². The molecule has 0 atom stereocenters. The van der Waals surface area contributed by atoms with Crippen LogP contribution in [0.2, 0.25) is 20.1 Å². The Kier molecular flexibility index (Phi) is 13.4. The van der Waals surface area contributed by atoms with Crippen LogP contribution in [0, 0.1) is 0 Å². The molecule has 0 aromatic heterocycles. The number of rotatable bonds is 15. The average molecular weight is 600 g/mol. The highest BCUT2D eigenvalue weighted by molar-refractivity contribution is 6.41. The second-order valence-corrected chi connectivity index (χ2v) is 11.4. The lowest BCUT2D eigenvalue weighted by Gasteiger charge is -2.21. The fraction of sp³-hybridized carbons (Fsp3) is 0.517. The first kappa shape index (κ1) is 30.9. The highest BCUT2D eigenvalue weighted by Gasteiger charge is 2.23. The van der Waals surface area contributed by atoms with Gasteiger partial charge in [-0.2, -0.15) is 0 Å². The number of nitrogens with one attached hydrogen (secondary N) is 2. The summed E-state index contributed by atoms with van der Waals surface area (Å²) in [6, 6.07) is 8.64. The standard InChI is InChI=1S/C29H38Cl4N4O/c1-2-3-4-5-6-7-8-9-10-11-12-13-28(38)34-22-14-15-23(31)26(20-22)35-27-16-17-37(36-27)29-24(32)18-21(30)19-25(29)33/h14-15,18-20H,2-13,16-17H2,1H3,(H,34,38)(H,35,36). The summed E-state index contributed by atoms with van der Waals surface area (Å²) in [5.41, 5.74) is 5.15. The van der Waals surface area contributed by atoms with Gasteiger partial charge in [0.05, 0.1) is 26.4 Å². The number of hydrogen-bond acceptors (Lipinski definition) is 3. The number of unbranched alkanes of at least 4 members (excludes halogenated alkanes) is 10. The second kappa shape index (κ2) is 16.4. The van der Waals surface area contributed by atoms with Gasteiger partial charge in [-0.15, -0.1) is 0 Å². The van der Waals surface area contributed by atoms with Crippen LogP contribution in [0.3, 0.4) is 0 Å². The van der Waals surface area contributed by atoms with Crippen molar-refractivity contribution in [1.29, 1.82) is 0 Å². The summed E-state index contributed by atoms with van der Waals surface area (Å²) >= 11 is 25.1. The van der Waals surface area contributed by atoms with Crippen LogP contribution < -0.4 is 15.8 Å². The van der Waals surface area contributed by atoms with Gasteiger partial charge in [0.2, 0.25) is 5.91 Å².